The van der Waals surface area contributed by atoms with Gasteiger partial charge in [-0.25, -0.2) is 4.79 Å². The number of aliphatic hydroxyl groups is 1. The van der Waals surface area contributed by atoms with Crippen molar-refractivity contribution in [1.29, 1.82) is 0 Å². The Bertz CT molecular complexity index is 398. The van der Waals surface area contributed by atoms with E-state index in [2.05, 4.69) is 18.2 Å². The molecule has 0 amide bonds. The van der Waals surface area contributed by atoms with E-state index >= 15 is 0 Å². The molecule has 0 radical (unpaired) electrons. The lowest BCUT2D eigenvalue weighted by Gasteiger charge is -2.04. The zero-order valence-corrected chi connectivity index (χ0v) is 18.1. The number of hydrogen-bond donors (Lipinski definition) is 1. The normalized spacial score (nSPS) is 11.6. The smallest absolute Gasteiger partial charge is 0.341 e. The number of rotatable bonds is 19. The molecule has 3 nitrogen and oxygen atoms in total. The summed E-state index contributed by atoms with van der Waals surface area (Å²) in [5, 5.41) is 8.83. The second-order valence-electron chi connectivity index (χ2n) is 7.76. The van der Waals surface area contributed by atoms with E-state index in [1.54, 1.807) is 6.92 Å². The van der Waals surface area contributed by atoms with Crippen LogP contribution in [0, 0.1) is 0 Å². The van der Waals surface area contributed by atoms with Crippen molar-refractivity contribution in [2.45, 2.75) is 123 Å². The molecule has 0 spiro atoms. The largest absolute Gasteiger partial charge is 0.481 e. The number of ether oxygens (including phenoxy) is 1. The summed E-state index contributed by atoms with van der Waals surface area (Å²) in [5.41, 5.74) is 0.533. The van der Waals surface area contributed by atoms with Crippen LogP contribution in [0.1, 0.15) is 123 Å². The Morgan fingerprint density at radius 3 is 1.52 bits per heavy atom. The Morgan fingerprint density at radius 2 is 1.15 bits per heavy atom. The Hall–Kier alpha value is -1.25. The van der Waals surface area contributed by atoms with Crippen molar-refractivity contribution < 1.29 is 14.6 Å². The molecule has 3 heteroatoms. The van der Waals surface area contributed by atoms with Crippen molar-refractivity contribution in [3.63, 3.8) is 0 Å². The van der Waals surface area contributed by atoms with E-state index < -0.39 is 11.9 Å². The minimum absolute atomic E-state index is 0.515. The molecule has 0 aromatic heterocycles. The summed E-state index contributed by atoms with van der Waals surface area (Å²) in [6, 6.07) is 0. The second kappa shape index (κ2) is 19.5. The minimum Gasteiger partial charge on any atom is -0.481 e. The quantitative estimate of drug-likeness (QED) is 0.106. The Morgan fingerprint density at radius 1 is 0.778 bits per heavy atom. The van der Waals surface area contributed by atoms with Crippen LogP contribution in [0.3, 0.4) is 0 Å². The van der Waals surface area contributed by atoms with Gasteiger partial charge in [0.05, 0.1) is 0 Å². The first kappa shape index (κ1) is 25.8. The number of allylic oxidation sites excluding steroid dienone is 1. The van der Waals surface area contributed by atoms with E-state index in [1.807, 2.05) is 6.08 Å². The molecule has 0 aromatic carbocycles. The topological polar surface area (TPSA) is 46.5 Å². The van der Waals surface area contributed by atoms with Crippen molar-refractivity contribution in [2.75, 3.05) is 0 Å². The monoisotopic (exact) mass is 380 g/mol. The summed E-state index contributed by atoms with van der Waals surface area (Å²) < 4.78 is 4.55. The van der Waals surface area contributed by atoms with Crippen LogP contribution in [0.4, 0.5) is 0 Å². The van der Waals surface area contributed by atoms with Gasteiger partial charge in [0, 0.05) is 5.57 Å². The van der Waals surface area contributed by atoms with Crippen molar-refractivity contribution in [1.82, 2.24) is 0 Å². The lowest BCUT2D eigenvalue weighted by atomic mass is 10.0. The maximum Gasteiger partial charge on any atom is 0.341 e. The van der Waals surface area contributed by atoms with Gasteiger partial charge in [0.1, 0.15) is 0 Å². The fourth-order valence-electron chi connectivity index (χ4n) is 3.28. The molecule has 1 N–H and O–H groups in total. The van der Waals surface area contributed by atoms with E-state index in [-0.39, 0.29) is 0 Å². The number of aliphatic hydroxyl groups excluding tert-OH is 1. The van der Waals surface area contributed by atoms with Crippen molar-refractivity contribution in [3.05, 3.63) is 24.2 Å². The third-order valence-corrected chi connectivity index (χ3v) is 5.04. The average molecular weight is 381 g/mol. The zero-order chi connectivity index (χ0) is 20.2. The predicted molar refractivity (Wildman–Crippen MR) is 116 cm³/mol. The predicted octanol–water partition coefficient (Wildman–Crippen LogP) is 8.16. The molecule has 0 aliphatic rings. The van der Waals surface area contributed by atoms with Crippen LogP contribution in [0.2, 0.25) is 0 Å². The molecule has 27 heavy (non-hydrogen) atoms. The number of carbonyl (C=O) groups excluding carboxylic acids is 1. The van der Waals surface area contributed by atoms with Gasteiger partial charge < -0.3 is 9.84 Å². The highest BCUT2D eigenvalue weighted by molar-refractivity contribution is 5.88. The van der Waals surface area contributed by atoms with Crippen molar-refractivity contribution in [3.8, 4) is 0 Å². The number of esters is 1. The van der Waals surface area contributed by atoms with Crippen LogP contribution in [-0.2, 0) is 9.53 Å². The average Bonchev–Trinajstić information content (AvgIpc) is 2.63. The van der Waals surface area contributed by atoms with Gasteiger partial charge in [0.2, 0.25) is 0 Å². The summed E-state index contributed by atoms with van der Waals surface area (Å²) >= 11 is 0. The highest BCUT2D eigenvalue weighted by Crippen LogP contribution is 2.14. The van der Waals surface area contributed by atoms with Crippen molar-refractivity contribution in [2.24, 2.45) is 0 Å². The summed E-state index contributed by atoms with van der Waals surface area (Å²) in [6.45, 7) is 7.13. The van der Waals surface area contributed by atoms with Crippen molar-refractivity contribution >= 4 is 5.97 Å². The van der Waals surface area contributed by atoms with Gasteiger partial charge in [-0.05, 0) is 26.3 Å². The van der Waals surface area contributed by atoms with Gasteiger partial charge in [0.25, 0.3) is 5.95 Å². The summed E-state index contributed by atoms with van der Waals surface area (Å²) in [5.74, 6) is -1.06. The van der Waals surface area contributed by atoms with Gasteiger partial charge >= 0.3 is 5.97 Å². The molecule has 0 aliphatic heterocycles. The first-order valence-corrected chi connectivity index (χ1v) is 11.3. The molecule has 0 bridgehead atoms. The molecule has 0 aliphatic carbocycles. The third kappa shape index (κ3) is 19.3. The van der Waals surface area contributed by atoms with E-state index in [0.29, 0.717) is 5.57 Å². The molecule has 0 fully saturated rings. The van der Waals surface area contributed by atoms with Crippen LogP contribution in [0.15, 0.2) is 24.2 Å². The molecular formula is C24H44O3. The summed E-state index contributed by atoms with van der Waals surface area (Å²) in [4.78, 5) is 11.4. The number of carbonyl (C=O) groups is 1. The Balaban J connectivity index is 3.27. The SMILES string of the molecule is C=C(O)OC(=O)/C(C)=C/CCCCCCCCCCCCCCCCCC. The van der Waals surface area contributed by atoms with Crippen LogP contribution in [0.5, 0.6) is 0 Å². The molecule has 158 valence electrons. The fourth-order valence-corrected chi connectivity index (χ4v) is 3.28. The molecule has 0 atom stereocenters. The fraction of sp³-hybridized carbons (Fsp3) is 0.792. The maximum absolute atomic E-state index is 11.4. The van der Waals surface area contributed by atoms with E-state index in [9.17, 15) is 4.79 Å². The van der Waals surface area contributed by atoms with Gasteiger partial charge in [0.15, 0.2) is 0 Å². The minimum atomic E-state index is -0.546. The lowest BCUT2D eigenvalue weighted by Crippen LogP contribution is -2.04. The summed E-state index contributed by atoms with van der Waals surface area (Å²) in [6.07, 6.45) is 24.6. The first-order chi connectivity index (χ1) is 13.1. The zero-order valence-electron chi connectivity index (χ0n) is 18.1. The number of unbranched alkanes of at least 4 members (excludes halogenated alkanes) is 16. The van der Waals surface area contributed by atoms with Gasteiger partial charge in [-0.3, -0.25) is 0 Å². The Kier molecular flexibility index (Phi) is 18.6. The standard InChI is InChI=1S/C24H44O3/c1-4-5-6-7-8-9-10-11-12-13-14-15-16-17-18-19-20-21-22(2)24(26)27-23(3)25/h21,25H,3-20H2,1-2H3/b22-21+. The van der Waals surface area contributed by atoms with Crippen LogP contribution >= 0.6 is 0 Å². The highest BCUT2D eigenvalue weighted by Gasteiger charge is 2.06. The lowest BCUT2D eigenvalue weighted by molar-refractivity contribution is -0.138. The molecule has 0 unspecified atom stereocenters. The number of hydrogen-bond acceptors (Lipinski definition) is 3. The molecule has 0 saturated carbocycles. The maximum atomic E-state index is 11.4. The molecule has 0 heterocycles. The third-order valence-electron chi connectivity index (χ3n) is 5.04. The molecule has 0 aromatic rings. The summed E-state index contributed by atoms with van der Waals surface area (Å²) in [7, 11) is 0. The molecule has 0 saturated heterocycles. The van der Waals surface area contributed by atoms with E-state index in [0.717, 1.165) is 12.8 Å². The highest BCUT2D eigenvalue weighted by atomic mass is 16.6. The van der Waals surface area contributed by atoms with Gasteiger partial charge in [-0.1, -0.05) is 109 Å². The molecule has 0 rings (SSSR count). The first-order valence-electron chi connectivity index (χ1n) is 11.3. The molecular weight excluding hydrogens is 336 g/mol. The van der Waals surface area contributed by atoms with Crippen LogP contribution < -0.4 is 0 Å². The van der Waals surface area contributed by atoms with Gasteiger partial charge in [-0.15, -0.1) is 0 Å². The van der Waals surface area contributed by atoms with E-state index in [1.165, 1.54) is 96.3 Å². The van der Waals surface area contributed by atoms with Crippen LogP contribution in [-0.4, -0.2) is 11.1 Å². The Labute approximate surface area is 168 Å². The van der Waals surface area contributed by atoms with Gasteiger partial charge in [-0.2, -0.15) is 0 Å². The van der Waals surface area contributed by atoms with Crippen LogP contribution in [0.25, 0.3) is 0 Å². The second-order valence-corrected chi connectivity index (χ2v) is 7.76. The van der Waals surface area contributed by atoms with E-state index in [4.69, 9.17) is 5.11 Å².